The van der Waals surface area contributed by atoms with E-state index in [1.807, 2.05) is 47.5 Å². The molecule has 5 nitrogen and oxygen atoms in total. The summed E-state index contributed by atoms with van der Waals surface area (Å²) in [5.74, 6) is 0.928. The summed E-state index contributed by atoms with van der Waals surface area (Å²) in [6, 6.07) is 20.0. The van der Waals surface area contributed by atoms with Gasteiger partial charge in [0.05, 0.1) is 5.52 Å². The zero-order valence-corrected chi connectivity index (χ0v) is 20.7. The minimum atomic E-state index is -0.380. The predicted octanol–water partition coefficient (Wildman–Crippen LogP) is 5.35. The van der Waals surface area contributed by atoms with Crippen LogP contribution < -0.4 is 0 Å². The van der Waals surface area contributed by atoms with E-state index in [0.29, 0.717) is 19.0 Å². The molecular formula is C30H35N3O2. The molecule has 3 heterocycles. The van der Waals surface area contributed by atoms with Crippen molar-refractivity contribution < 1.29 is 9.59 Å². The normalized spacial score (nSPS) is 20.4. The quantitative estimate of drug-likeness (QED) is 0.518. The number of likely N-dealkylation sites (tertiary alicyclic amines) is 2. The van der Waals surface area contributed by atoms with E-state index in [1.54, 1.807) is 0 Å². The van der Waals surface area contributed by atoms with Crippen LogP contribution in [0, 0.1) is 11.3 Å². The standard InChI is InChI=1S/C30H35N3O2/c1-30(15-20-32(21-16-30)28(34)24-9-3-2-4-10-24)29(35)33-18-7-8-23(14-19-33)22-25-11-5-13-27-26(25)12-6-17-31-27/h2-6,9-13,17,23H,7-8,14-16,18-22H2,1H3/t23-/m0/s1. The van der Waals surface area contributed by atoms with E-state index >= 15 is 0 Å². The molecule has 5 heteroatoms. The molecule has 0 spiro atoms. The minimum Gasteiger partial charge on any atom is -0.342 e. The van der Waals surface area contributed by atoms with Gasteiger partial charge in [-0.3, -0.25) is 14.6 Å². The zero-order chi connectivity index (χ0) is 24.3. The van der Waals surface area contributed by atoms with Gasteiger partial charge in [-0.15, -0.1) is 0 Å². The van der Waals surface area contributed by atoms with Crippen LogP contribution in [0.2, 0.25) is 0 Å². The number of nitrogens with zero attached hydrogens (tertiary/aromatic N) is 3. The van der Waals surface area contributed by atoms with Crippen molar-refractivity contribution in [1.82, 2.24) is 14.8 Å². The maximum atomic E-state index is 13.6. The zero-order valence-electron chi connectivity index (χ0n) is 20.7. The summed E-state index contributed by atoms with van der Waals surface area (Å²) in [5, 5.41) is 1.25. The van der Waals surface area contributed by atoms with Crippen molar-refractivity contribution in [2.24, 2.45) is 11.3 Å². The summed E-state index contributed by atoms with van der Waals surface area (Å²) in [4.78, 5) is 35.0. The lowest BCUT2D eigenvalue weighted by Crippen LogP contribution is -2.50. The van der Waals surface area contributed by atoms with Crippen LogP contribution in [0.4, 0.5) is 0 Å². The molecule has 0 unspecified atom stereocenters. The van der Waals surface area contributed by atoms with Crippen molar-refractivity contribution in [3.8, 4) is 0 Å². The van der Waals surface area contributed by atoms with Crippen molar-refractivity contribution in [1.29, 1.82) is 0 Å². The highest BCUT2D eigenvalue weighted by molar-refractivity contribution is 5.94. The lowest BCUT2D eigenvalue weighted by molar-refractivity contribution is -0.143. The lowest BCUT2D eigenvalue weighted by atomic mass is 9.78. The maximum absolute atomic E-state index is 13.6. The first kappa shape index (κ1) is 23.5. The van der Waals surface area contributed by atoms with Gasteiger partial charge in [-0.1, -0.05) is 43.3 Å². The van der Waals surface area contributed by atoms with Gasteiger partial charge in [-0.05, 0) is 74.3 Å². The molecule has 182 valence electrons. The molecule has 3 aromatic rings. The molecule has 0 aliphatic carbocycles. The van der Waals surface area contributed by atoms with Crippen LogP contribution in [0.3, 0.4) is 0 Å². The topological polar surface area (TPSA) is 53.5 Å². The van der Waals surface area contributed by atoms with Crippen LogP contribution in [0.15, 0.2) is 66.9 Å². The second kappa shape index (κ2) is 10.2. The third-order valence-corrected chi connectivity index (χ3v) is 8.07. The summed E-state index contributed by atoms with van der Waals surface area (Å²) in [5.41, 5.74) is 2.76. The molecule has 2 amide bonds. The number of carbonyl (C=O) groups is 2. The van der Waals surface area contributed by atoms with Gasteiger partial charge in [0.25, 0.3) is 5.91 Å². The molecule has 0 saturated carbocycles. The van der Waals surface area contributed by atoms with Gasteiger partial charge >= 0.3 is 0 Å². The molecule has 0 N–H and O–H groups in total. The number of hydrogen-bond donors (Lipinski definition) is 0. The van der Waals surface area contributed by atoms with E-state index < -0.39 is 0 Å². The number of pyridine rings is 1. The summed E-state index contributed by atoms with van der Waals surface area (Å²) in [7, 11) is 0. The molecule has 1 aromatic heterocycles. The molecule has 1 atom stereocenters. The molecule has 2 aromatic carbocycles. The molecule has 5 rings (SSSR count). The van der Waals surface area contributed by atoms with Crippen molar-refractivity contribution in [3.05, 3.63) is 78.0 Å². The Morgan fingerprint density at radius 3 is 2.49 bits per heavy atom. The van der Waals surface area contributed by atoms with Crippen LogP contribution in [0.25, 0.3) is 10.9 Å². The monoisotopic (exact) mass is 469 g/mol. The van der Waals surface area contributed by atoms with Crippen LogP contribution >= 0.6 is 0 Å². The fourth-order valence-electron chi connectivity index (χ4n) is 5.79. The average molecular weight is 470 g/mol. The Kier molecular flexibility index (Phi) is 6.85. The van der Waals surface area contributed by atoms with Crippen molar-refractivity contribution in [3.63, 3.8) is 0 Å². The average Bonchev–Trinajstić information content (AvgIpc) is 3.14. The van der Waals surface area contributed by atoms with E-state index in [0.717, 1.165) is 62.7 Å². The summed E-state index contributed by atoms with van der Waals surface area (Å²) >= 11 is 0. The van der Waals surface area contributed by atoms with E-state index in [9.17, 15) is 9.59 Å². The molecule has 2 saturated heterocycles. The third kappa shape index (κ3) is 5.09. The molecule has 2 fully saturated rings. The Morgan fingerprint density at radius 1 is 0.886 bits per heavy atom. The predicted molar refractivity (Wildman–Crippen MR) is 139 cm³/mol. The Labute approximate surface area is 208 Å². The van der Waals surface area contributed by atoms with Gasteiger partial charge in [0.2, 0.25) is 5.91 Å². The van der Waals surface area contributed by atoms with Crippen molar-refractivity contribution in [2.75, 3.05) is 26.2 Å². The molecule has 0 radical (unpaired) electrons. The van der Waals surface area contributed by atoms with Crippen molar-refractivity contribution >= 4 is 22.7 Å². The number of rotatable bonds is 4. The molecule has 0 bridgehead atoms. The number of amides is 2. The number of aromatic nitrogens is 1. The van der Waals surface area contributed by atoms with E-state index in [1.165, 1.54) is 10.9 Å². The van der Waals surface area contributed by atoms with E-state index in [-0.39, 0.29) is 17.2 Å². The first-order valence-electron chi connectivity index (χ1n) is 13.0. The summed E-state index contributed by atoms with van der Waals surface area (Å²) in [6.07, 6.45) is 7.59. The molecular weight excluding hydrogens is 434 g/mol. The van der Waals surface area contributed by atoms with Gasteiger partial charge in [-0.2, -0.15) is 0 Å². The number of hydrogen-bond acceptors (Lipinski definition) is 3. The molecule has 2 aliphatic heterocycles. The van der Waals surface area contributed by atoms with Crippen LogP contribution in [-0.4, -0.2) is 52.8 Å². The number of piperidine rings is 1. The first-order valence-corrected chi connectivity index (χ1v) is 13.0. The highest BCUT2D eigenvalue weighted by Crippen LogP contribution is 2.35. The number of fused-ring (bicyclic) bond motifs is 1. The van der Waals surface area contributed by atoms with Crippen LogP contribution in [0.1, 0.15) is 54.9 Å². The fraction of sp³-hybridized carbons (Fsp3) is 0.433. The highest BCUT2D eigenvalue weighted by atomic mass is 16.2. The summed E-state index contributed by atoms with van der Waals surface area (Å²) < 4.78 is 0. The Balaban J connectivity index is 1.18. The van der Waals surface area contributed by atoms with E-state index in [4.69, 9.17) is 0 Å². The van der Waals surface area contributed by atoms with Crippen LogP contribution in [-0.2, 0) is 11.2 Å². The minimum absolute atomic E-state index is 0.0707. The number of carbonyl (C=O) groups excluding carboxylic acids is 2. The van der Waals surface area contributed by atoms with Crippen LogP contribution in [0.5, 0.6) is 0 Å². The second-order valence-electron chi connectivity index (χ2n) is 10.5. The van der Waals surface area contributed by atoms with Gasteiger partial charge in [-0.25, -0.2) is 0 Å². The second-order valence-corrected chi connectivity index (χ2v) is 10.5. The first-order chi connectivity index (χ1) is 17.0. The Hall–Kier alpha value is -3.21. The Morgan fingerprint density at radius 2 is 1.69 bits per heavy atom. The summed E-state index contributed by atoms with van der Waals surface area (Å²) in [6.45, 7) is 5.05. The Bertz CT molecular complexity index is 1180. The maximum Gasteiger partial charge on any atom is 0.253 e. The smallest absolute Gasteiger partial charge is 0.253 e. The largest absolute Gasteiger partial charge is 0.342 e. The fourth-order valence-corrected chi connectivity index (χ4v) is 5.79. The third-order valence-electron chi connectivity index (χ3n) is 8.07. The van der Waals surface area contributed by atoms with Crippen molar-refractivity contribution in [2.45, 2.75) is 45.4 Å². The SMILES string of the molecule is CC1(C(=O)N2CCC[C@H](Cc3cccc4ncccc34)CC2)CCN(C(=O)c2ccccc2)CC1. The van der Waals surface area contributed by atoms with Gasteiger partial charge in [0.15, 0.2) is 0 Å². The molecule has 2 aliphatic rings. The van der Waals surface area contributed by atoms with E-state index in [2.05, 4.69) is 41.1 Å². The highest BCUT2D eigenvalue weighted by Gasteiger charge is 2.41. The lowest BCUT2D eigenvalue weighted by Gasteiger charge is -2.41. The van der Waals surface area contributed by atoms with Gasteiger partial charge in [0, 0.05) is 48.7 Å². The van der Waals surface area contributed by atoms with Gasteiger partial charge in [0.1, 0.15) is 0 Å². The van der Waals surface area contributed by atoms with Gasteiger partial charge < -0.3 is 9.80 Å². The number of benzene rings is 2. The molecule has 35 heavy (non-hydrogen) atoms.